The summed E-state index contributed by atoms with van der Waals surface area (Å²) < 4.78 is 43.8. The molecule has 2 nitrogen and oxygen atoms in total. The summed E-state index contributed by atoms with van der Waals surface area (Å²) in [6.45, 7) is -5.14. The first-order valence-corrected chi connectivity index (χ1v) is 3.67. The highest BCUT2D eigenvalue weighted by atomic mass is 15.1. The molecule has 0 unspecified atom stereocenters. The largest absolute Gasteiger partial charge is 0.328 e. The lowest BCUT2D eigenvalue weighted by Crippen LogP contribution is -2.36. The molecule has 1 aliphatic rings. The van der Waals surface area contributed by atoms with E-state index in [9.17, 15) is 0 Å². The van der Waals surface area contributed by atoms with Gasteiger partial charge >= 0.3 is 0 Å². The molecule has 0 heterocycles. The highest BCUT2D eigenvalue weighted by molar-refractivity contribution is 4.78. The van der Waals surface area contributed by atoms with Crippen molar-refractivity contribution in [2.45, 2.75) is 37.8 Å². The zero-order valence-electron chi connectivity index (χ0n) is 12.0. The van der Waals surface area contributed by atoms with E-state index in [-0.39, 0.29) is 6.04 Å². The second-order valence-electron chi connectivity index (χ2n) is 2.94. The van der Waals surface area contributed by atoms with E-state index in [1.54, 1.807) is 0 Å². The SMILES string of the molecule is [2H]C([2H])([2H])N(C1CCC(N)CC1)C([2H])([2H])[2H]. The summed E-state index contributed by atoms with van der Waals surface area (Å²) in [7, 11) is 0. The highest BCUT2D eigenvalue weighted by Gasteiger charge is 2.19. The Labute approximate surface area is 71.8 Å². The van der Waals surface area contributed by atoms with Crippen molar-refractivity contribution in [3.63, 3.8) is 0 Å². The first-order valence-electron chi connectivity index (χ1n) is 6.67. The number of hydrogen-bond acceptors (Lipinski definition) is 2. The Morgan fingerprint density at radius 1 is 1.30 bits per heavy atom. The van der Waals surface area contributed by atoms with Crippen molar-refractivity contribution in [1.82, 2.24) is 4.90 Å². The van der Waals surface area contributed by atoms with E-state index >= 15 is 0 Å². The zero-order valence-corrected chi connectivity index (χ0v) is 6.01. The fourth-order valence-corrected chi connectivity index (χ4v) is 1.36. The van der Waals surface area contributed by atoms with Gasteiger partial charge < -0.3 is 10.6 Å². The van der Waals surface area contributed by atoms with Gasteiger partial charge in [0.15, 0.2) is 0 Å². The van der Waals surface area contributed by atoms with Gasteiger partial charge in [-0.2, -0.15) is 0 Å². The fraction of sp³-hybridized carbons (Fsp3) is 1.00. The molecular formula is C8H18N2. The molecule has 0 radical (unpaired) electrons. The van der Waals surface area contributed by atoms with Gasteiger partial charge in [-0.3, -0.25) is 0 Å². The molecule has 1 fully saturated rings. The van der Waals surface area contributed by atoms with Crippen LogP contribution < -0.4 is 5.73 Å². The molecule has 0 bridgehead atoms. The van der Waals surface area contributed by atoms with Crippen molar-refractivity contribution in [3.8, 4) is 0 Å². The minimum absolute atomic E-state index is 0.0753. The third kappa shape index (κ3) is 1.96. The van der Waals surface area contributed by atoms with E-state index < -0.39 is 20.0 Å². The van der Waals surface area contributed by atoms with Crippen LogP contribution >= 0.6 is 0 Å². The van der Waals surface area contributed by atoms with Gasteiger partial charge in [-0.05, 0) is 39.6 Å². The lowest BCUT2D eigenvalue weighted by molar-refractivity contribution is 0.217. The number of rotatable bonds is 1. The van der Waals surface area contributed by atoms with Gasteiger partial charge in [0, 0.05) is 20.3 Å². The smallest absolute Gasteiger partial charge is 0.0394 e. The maximum absolute atomic E-state index is 7.30. The molecule has 1 saturated carbocycles. The molecule has 0 aromatic rings. The highest BCUT2D eigenvalue weighted by Crippen LogP contribution is 2.19. The van der Waals surface area contributed by atoms with Crippen LogP contribution in [-0.4, -0.2) is 30.9 Å². The Balaban J connectivity index is 2.78. The zero-order chi connectivity index (χ0) is 12.6. The van der Waals surface area contributed by atoms with E-state index in [2.05, 4.69) is 0 Å². The fourth-order valence-electron chi connectivity index (χ4n) is 1.36. The summed E-state index contributed by atoms with van der Waals surface area (Å²) in [4.78, 5) is 0.686. The van der Waals surface area contributed by atoms with Crippen LogP contribution in [0.5, 0.6) is 0 Å². The molecule has 60 valence electrons. The molecule has 2 N–H and O–H groups in total. The van der Waals surface area contributed by atoms with Gasteiger partial charge in [-0.25, -0.2) is 0 Å². The third-order valence-corrected chi connectivity index (χ3v) is 2.11. The number of hydrogen-bond donors (Lipinski definition) is 1. The summed E-state index contributed by atoms with van der Waals surface area (Å²) in [6, 6.07) is -0.342. The quantitative estimate of drug-likeness (QED) is 0.596. The maximum Gasteiger partial charge on any atom is 0.0394 e. The second kappa shape index (κ2) is 3.35. The maximum atomic E-state index is 7.30. The predicted molar refractivity (Wildman–Crippen MR) is 43.9 cm³/mol. The monoisotopic (exact) mass is 148 g/mol. The standard InChI is InChI=1S/C8H18N2/c1-10(2)8-5-3-7(9)4-6-8/h7-8H,3-6,9H2,1-2H3/i1D3,2D3. The van der Waals surface area contributed by atoms with E-state index in [0.29, 0.717) is 30.6 Å². The molecule has 0 aromatic carbocycles. The van der Waals surface area contributed by atoms with Crippen LogP contribution in [0.3, 0.4) is 0 Å². The summed E-state index contributed by atoms with van der Waals surface area (Å²) in [5.41, 5.74) is 5.72. The topological polar surface area (TPSA) is 29.3 Å². The average Bonchev–Trinajstić information content (AvgIpc) is 2.03. The van der Waals surface area contributed by atoms with Crippen LogP contribution in [0.25, 0.3) is 0 Å². The van der Waals surface area contributed by atoms with Gasteiger partial charge in [0.25, 0.3) is 0 Å². The van der Waals surface area contributed by atoms with Crippen molar-refractivity contribution >= 4 is 0 Å². The van der Waals surface area contributed by atoms with Crippen molar-refractivity contribution in [2.24, 2.45) is 5.73 Å². The third-order valence-electron chi connectivity index (χ3n) is 2.11. The second-order valence-corrected chi connectivity index (χ2v) is 2.94. The van der Waals surface area contributed by atoms with Gasteiger partial charge in [0.1, 0.15) is 0 Å². The molecule has 0 amide bonds. The van der Waals surface area contributed by atoms with E-state index in [4.69, 9.17) is 14.0 Å². The van der Waals surface area contributed by atoms with Crippen LogP contribution in [0.15, 0.2) is 0 Å². The Hall–Kier alpha value is -0.0800. The lowest BCUT2D eigenvalue weighted by atomic mass is 9.91. The van der Waals surface area contributed by atoms with E-state index in [1.807, 2.05) is 0 Å². The van der Waals surface area contributed by atoms with Crippen molar-refractivity contribution in [1.29, 1.82) is 0 Å². The summed E-state index contributed by atoms with van der Waals surface area (Å²) in [5, 5.41) is 0. The molecule has 0 aliphatic heterocycles. The summed E-state index contributed by atoms with van der Waals surface area (Å²) in [5.74, 6) is 0. The molecule has 2 heteroatoms. The van der Waals surface area contributed by atoms with Gasteiger partial charge in [-0.15, -0.1) is 0 Å². The number of nitrogens with two attached hydrogens (primary N) is 1. The predicted octanol–water partition coefficient (Wildman–Crippen LogP) is 0.818. The average molecular weight is 148 g/mol. The molecule has 1 rings (SSSR count). The Kier molecular flexibility index (Phi) is 1.04. The summed E-state index contributed by atoms with van der Waals surface area (Å²) in [6.07, 6.45) is 2.45. The molecule has 0 aromatic heterocycles. The Morgan fingerprint density at radius 3 is 2.40 bits per heavy atom. The van der Waals surface area contributed by atoms with Gasteiger partial charge in [-0.1, -0.05) is 0 Å². The molecule has 0 saturated heterocycles. The van der Waals surface area contributed by atoms with Crippen LogP contribution in [0.2, 0.25) is 0 Å². The number of nitrogens with zero attached hydrogens (tertiary/aromatic N) is 1. The van der Waals surface area contributed by atoms with Crippen molar-refractivity contribution < 1.29 is 8.22 Å². The minimum Gasteiger partial charge on any atom is -0.328 e. The van der Waals surface area contributed by atoms with Crippen LogP contribution in [0.4, 0.5) is 0 Å². The molecular weight excluding hydrogens is 124 g/mol. The first-order chi connectivity index (χ1) is 7.12. The molecule has 0 spiro atoms. The van der Waals surface area contributed by atoms with Crippen LogP contribution in [0.1, 0.15) is 33.9 Å². The van der Waals surface area contributed by atoms with Gasteiger partial charge in [0.2, 0.25) is 0 Å². The molecule has 10 heavy (non-hydrogen) atoms. The van der Waals surface area contributed by atoms with Crippen LogP contribution in [0, 0.1) is 0 Å². The van der Waals surface area contributed by atoms with E-state index in [1.165, 1.54) is 0 Å². The molecule has 1 aliphatic carbocycles. The van der Waals surface area contributed by atoms with E-state index in [0.717, 1.165) is 0 Å². The van der Waals surface area contributed by atoms with Crippen LogP contribution in [-0.2, 0) is 0 Å². The Bertz CT molecular complexity index is 214. The normalized spacial score (nSPS) is 46.2. The Morgan fingerprint density at radius 2 is 1.90 bits per heavy atom. The lowest BCUT2D eigenvalue weighted by Gasteiger charge is -2.30. The minimum atomic E-state index is -2.57. The van der Waals surface area contributed by atoms with Crippen molar-refractivity contribution in [3.05, 3.63) is 0 Å². The first kappa shape index (κ1) is 3.11. The molecule has 0 atom stereocenters. The summed E-state index contributed by atoms with van der Waals surface area (Å²) >= 11 is 0. The van der Waals surface area contributed by atoms with Crippen molar-refractivity contribution in [2.75, 3.05) is 14.0 Å². The van der Waals surface area contributed by atoms with Gasteiger partial charge in [0.05, 0.1) is 0 Å².